The lowest BCUT2D eigenvalue weighted by molar-refractivity contribution is -0.274. The van der Waals surface area contributed by atoms with Crippen molar-refractivity contribution in [1.29, 1.82) is 0 Å². The number of hydrogen-bond donors (Lipinski definition) is 1. The van der Waals surface area contributed by atoms with Crippen molar-refractivity contribution in [1.82, 2.24) is 20.2 Å². The first kappa shape index (κ1) is 28.9. The molecule has 2 aliphatic rings. The van der Waals surface area contributed by atoms with Gasteiger partial charge in [-0.3, -0.25) is 9.74 Å². The molecule has 0 spiro atoms. The van der Waals surface area contributed by atoms with Gasteiger partial charge < -0.3 is 4.74 Å². The molecule has 1 saturated heterocycles. The number of nitrogens with zero attached hydrogens (tertiary/aromatic N) is 5. The number of aliphatic imine (C=N–C) groups is 1. The van der Waals surface area contributed by atoms with Gasteiger partial charge in [0.1, 0.15) is 12.1 Å². The average Bonchev–Trinajstić information content (AvgIpc) is 3.61. The highest BCUT2D eigenvalue weighted by Gasteiger charge is 2.33. The number of hydroxylamine groups is 1. The number of amidine groups is 1. The first-order valence-corrected chi connectivity index (χ1v) is 14.6. The summed E-state index contributed by atoms with van der Waals surface area (Å²) in [5.41, 5.74) is 9.78. The summed E-state index contributed by atoms with van der Waals surface area (Å²) in [5, 5.41) is 5.48. The summed E-state index contributed by atoms with van der Waals surface area (Å²) in [7, 11) is 0. The first-order chi connectivity index (χ1) is 20.6. The number of aromatic nitrogens is 3. The summed E-state index contributed by atoms with van der Waals surface area (Å²) in [5.74, 6) is 1.33. The smallest absolute Gasteiger partial charge is 0.406 e. The highest BCUT2D eigenvalue weighted by atomic mass is 32.2. The molecular weight excluding hydrogens is 597 g/mol. The van der Waals surface area contributed by atoms with Crippen LogP contribution in [0, 0.1) is 6.92 Å². The number of thiocarbonyl (C=S) groups is 1. The molecule has 4 aromatic rings. The Morgan fingerprint density at radius 3 is 2.63 bits per heavy atom. The largest absolute Gasteiger partial charge is 0.573 e. The standard InChI is InChI=1S/C30H25F3N6O2S2/c1-18-3-12-25-19(2)14-23-16-43-29(39(23)26(25)13-18)35-28(42)37-40-15-20-4-6-21(7-5-20)27-34-17-38(36-27)22-8-10-24(11-9-22)41-30(31,32)33/h3-14,17,19H,15-16H2,1-2H3,(H,37,42). The summed E-state index contributed by atoms with van der Waals surface area (Å²) in [6.45, 7) is 4.54. The van der Waals surface area contributed by atoms with E-state index in [1.807, 2.05) is 24.3 Å². The number of benzene rings is 3. The van der Waals surface area contributed by atoms with Crippen LogP contribution >= 0.6 is 24.0 Å². The molecule has 0 bridgehead atoms. The third-order valence-electron chi connectivity index (χ3n) is 6.82. The molecule has 2 aliphatic heterocycles. The maximum atomic E-state index is 12.4. The Kier molecular flexibility index (Phi) is 7.95. The van der Waals surface area contributed by atoms with Gasteiger partial charge in [0.25, 0.3) is 0 Å². The van der Waals surface area contributed by atoms with Crippen molar-refractivity contribution in [3.63, 3.8) is 0 Å². The number of thioether (sulfide) groups is 1. The lowest BCUT2D eigenvalue weighted by Gasteiger charge is -2.30. The summed E-state index contributed by atoms with van der Waals surface area (Å²) in [6.07, 6.45) is -0.979. The van der Waals surface area contributed by atoms with Gasteiger partial charge in [-0.05, 0) is 66.2 Å². The third-order valence-corrected chi connectivity index (χ3v) is 7.97. The SMILES string of the molecule is Cc1ccc2c(c1)N1C(=CC2C)CSC1=NC(=S)NOCc1ccc(-c2ncn(-c3ccc(OC(F)(F)F)cc3)n2)cc1. The van der Waals surface area contributed by atoms with E-state index in [2.05, 4.69) is 68.3 Å². The lowest BCUT2D eigenvalue weighted by Crippen LogP contribution is -2.29. The van der Waals surface area contributed by atoms with Crippen LogP contribution < -0.4 is 15.1 Å². The molecular formula is C30H25F3N6O2S2. The van der Waals surface area contributed by atoms with Gasteiger partial charge in [0.05, 0.1) is 18.0 Å². The Hall–Kier alpha value is -4.20. The number of anilines is 1. The van der Waals surface area contributed by atoms with E-state index in [0.717, 1.165) is 27.7 Å². The predicted molar refractivity (Wildman–Crippen MR) is 164 cm³/mol. The molecule has 1 unspecified atom stereocenters. The van der Waals surface area contributed by atoms with E-state index in [0.29, 0.717) is 17.4 Å². The van der Waals surface area contributed by atoms with Crippen molar-refractivity contribution in [3.8, 4) is 22.8 Å². The van der Waals surface area contributed by atoms with E-state index >= 15 is 0 Å². The zero-order valence-electron chi connectivity index (χ0n) is 23.0. The maximum Gasteiger partial charge on any atom is 0.573 e. The Labute approximate surface area is 255 Å². The van der Waals surface area contributed by atoms with E-state index in [4.69, 9.17) is 17.1 Å². The number of nitrogens with one attached hydrogen (secondary N) is 1. The van der Waals surface area contributed by atoms with Gasteiger partial charge in [-0.15, -0.1) is 18.3 Å². The lowest BCUT2D eigenvalue weighted by atomic mass is 9.93. The summed E-state index contributed by atoms with van der Waals surface area (Å²) in [4.78, 5) is 16.7. The molecule has 0 amide bonds. The number of allylic oxidation sites excluding steroid dienone is 1. The third kappa shape index (κ3) is 6.58. The van der Waals surface area contributed by atoms with Crippen LogP contribution in [0.2, 0.25) is 0 Å². The second-order valence-electron chi connectivity index (χ2n) is 9.97. The van der Waals surface area contributed by atoms with Crippen molar-refractivity contribution >= 4 is 39.9 Å². The zero-order chi connectivity index (χ0) is 30.1. The van der Waals surface area contributed by atoms with Gasteiger partial charge in [0.2, 0.25) is 5.11 Å². The van der Waals surface area contributed by atoms with Gasteiger partial charge in [0, 0.05) is 22.9 Å². The number of ether oxygens (including phenoxy) is 1. The van der Waals surface area contributed by atoms with Gasteiger partial charge >= 0.3 is 6.36 Å². The molecule has 1 fully saturated rings. The van der Waals surface area contributed by atoms with Gasteiger partial charge in [-0.25, -0.2) is 15.1 Å². The number of halogens is 3. The molecule has 1 N–H and O–H groups in total. The van der Waals surface area contributed by atoms with Crippen molar-refractivity contribution < 1.29 is 22.7 Å². The number of fused-ring (bicyclic) bond motifs is 3. The van der Waals surface area contributed by atoms with E-state index in [9.17, 15) is 13.2 Å². The Balaban J connectivity index is 1.04. The second kappa shape index (κ2) is 11.8. The molecule has 6 rings (SSSR count). The fraction of sp³-hybridized carbons (Fsp3) is 0.200. The van der Waals surface area contributed by atoms with Crippen molar-refractivity contribution in [2.75, 3.05) is 10.7 Å². The molecule has 1 atom stereocenters. The van der Waals surface area contributed by atoms with E-state index < -0.39 is 6.36 Å². The maximum absolute atomic E-state index is 12.4. The summed E-state index contributed by atoms with van der Waals surface area (Å²) < 4.78 is 42.6. The summed E-state index contributed by atoms with van der Waals surface area (Å²) in [6, 6.07) is 19.4. The monoisotopic (exact) mass is 622 g/mol. The van der Waals surface area contributed by atoms with Crippen LogP contribution in [-0.4, -0.2) is 37.2 Å². The molecule has 43 heavy (non-hydrogen) atoms. The molecule has 0 aliphatic carbocycles. The van der Waals surface area contributed by atoms with Gasteiger partial charge in [-0.1, -0.05) is 61.2 Å². The van der Waals surface area contributed by atoms with Crippen LogP contribution in [0.5, 0.6) is 5.75 Å². The van der Waals surface area contributed by atoms with E-state index in [-0.39, 0.29) is 17.5 Å². The molecule has 13 heteroatoms. The number of hydrogen-bond acceptors (Lipinski definition) is 6. The average molecular weight is 623 g/mol. The molecule has 0 saturated carbocycles. The van der Waals surface area contributed by atoms with Gasteiger partial charge in [-0.2, -0.15) is 4.99 Å². The Bertz CT molecular complexity index is 1720. The minimum atomic E-state index is -4.74. The van der Waals surface area contributed by atoms with Gasteiger partial charge in [0.15, 0.2) is 11.0 Å². The molecule has 8 nitrogen and oxygen atoms in total. The molecule has 1 aromatic heterocycles. The molecule has 3 heterocycles. The number of alkyl halides is 3. The second-order valence-corrected chi connectivity index (χ2v) is 11.3. The predicted octanol–water partition coefficient (Wildman–Crippen LogP) is 7.06. The normalized spacial score (nSPS) is 17.0. The molecule has 0 radical (unpaired) electrons. The van der Waals surface area contributed by atoms with Crippen molar-refractivity contribution in [2.24, 2.45) is 4.99 Å². The first-order valence-electron chi connectivity index (χ1n) is 13.2. The number of aryl methyl sites for hydroxylation is 1. The minimum absolute atomic E-state index is 0.237. The Morgan fingerprint density at radius 2 is 1.88 bits per heavy atom. The van der Waals surface area contributed by atoms with Crippen molar-refractivity contribution in [2.45, 2.75) is 32.7 Å². The number of rotatable bonds is 6. The van der Waals surface area contributed by atoms with Crippen LogP contribution in [-0.2, 0) is 11.4 Å². The highest BCUT2D eigenvalue weighted by molar-refractivity contribution is 8.14. The quantitative estimate of drug-likeness (QED) is 0.181. The van der Waals surface area contributed by atoms with Crippen LogP contribution in [0.4, 0.5) is 18.9 Å². The van der Waals surface area contributed by atoms with Crippen molar-refractivity contribution in [3.05, 3.63) is 102 Å². The molecule has 3 aromatic carbocycles. The van der Waals surface area contributed by atoms with Crippen LogP contribution in [0.25, 0.3) is 17.1 Å². The molecule has 220 valence electrons. The topological polar surface area (TPSA) is 76.8 Å². The van der Waals surface area contributed by atoms with Crippen LogP contribution in [0.3, 0.4) is 0 Å². The fourth-order valence-electron chi connectivity index (χ4n) is 4.83. The summed E-state index contributed by atoms with van der Waals surface area (Å²) >= 11 is 7.09. The minimum Gasteiger partial charge on any atom is -0.406 e. The Morgan fingerprint density at radius 1 is 1.12 bits per heavy atom. The van der Waals surface area contributed by atoms with Crippen LogP contribution in [0.15, 0.2) is 89.8 Å². The highest BCUT2D eigenvalue weighted by Crippen LogP contribution is 2.43. The fourth-order valence-corrected chi connectivity index (χ4v) is 6.03. The van der Waals surface area contributed by atoms with E-state index in [1.165, 1.54) is 52.1 Å². The zero-order valence-corrected chi connectivity index (χ0v) is 24.6. The van der Waals surface area contributed by atoms with Crippen LogP contribution in [0.1, 0.15) is 29.5 Å². The van der Waals surface area contributed by atoms with E-state index in [1.54, 1.807) is 11.8 Å².